The lowest BCUT2D eigenvalue weighted by atomic mass is 10.0. The Morgan fingerprint density at radius 1 is 1.32 bits per heavy atom. The Morgan fingerprint density at radius 3 is 2.65 bits per heavy atom. The van der Waals surface area contributed by atoms with Gasteiger partial charge in [0.15, 0.2) is 0 Å². The van der Waals surface area contributed by atoms with Crippen LogP contribution in [0.25, 0.3) is 10.2 Å². The number of hydrogen-bond acceptors (Lipinski definition) is 8. The number of amides is 1. The molecule has 4 heterocycles. The third-order valence-corrected chi connectivity index (χ3v) is 7.00. The normalized spacial score (nSPS) is 16.2. The summed E-state index contributed by atoms with van der Waals surface area (Å²) in [7, 11) is 0. The van der Waals surface area contributed by atoms with E-state index in [1.54, 1.807) is 11.0 Å². The van der Waals surface area contributed by atoms with E-state index in [2.05, 4.69) is 15.3 Å². The molecule has 8 nitrogen and oxygen atoms in total. The highest BCUT2D eigenvalue weighted by molar-refractivity contribution is 7.21. The van der Waals surface area contributed by atoms with Crippen molar-refractivity contribution in [2.75, 3.05) is 30.3 Å². The van der Waals surface area contributed by atoms with E-state index in [9.17, 15) is 23.1 Å². The molecule has 0 aromatic carbocycles. The molecule has 1 unspecified atom stereocenters. The molecule has 12 heteroatoms. The van der Waals surface area contributed by atoms with Gasteiger partial charge in [-0.1, -0.05) is 6.07 Å². The smallest absolute Gasteiger partial charge is 0.397 e. The number of aryl methyl sites for hydroxylation is 1. The molecule has 0 spiro atoms. The number of aliphatic hydroxyl groups excluding tert-OH is 1. The third-order valence-electron chi connectivity index (χ3n) is 5.88. The number of nitrogen functional groups attached to an aromatic ring is 1. The summed E-state index contributed by atoms with van der Waals surface area (Å²) in [5.74, 6) is -0.704. The Labute approximate surface area is 197 Å². The summed E-state index contributed by atoms with van der Waals surface area (Å²) in [4.78, 5) is 22.0. The predicted molar refractivity (Wildman–Crippen MR) is 125 cm³/mol. The van der Waals surface area contributed by atoms with Crippen LogP contribution in [0.15, 0.2) is 24.3 Å². The van der Waals surface area contributed by atoms with Crippen molar-refractivity contribution in [2.24, 2.45) is 5.73 Å². The van der Waals surface area contributed by atoms with Gasteiger partial charge >= 0.3 is 6.18 Å². The molecular formula is C22H25F3N6O2S. The second kappa shape index (κ2) is 9.35. The molecule has 0 aliphatic carbocycles. The SMILES string of the molecule is Cc1cccc(C(O)CNC2CCN(c3cc(C(F)(F)F)c4c(N)c(C(N)=O)sc4n3)CC2)n1. The molecule has 0 saturated carbocycles. The number of hydrogen-bond donors (Lipinski definition) is 4. The number of nitrogens with zero attached hydrogens (tertiary/aromatic N) is 3. The maximum Gasteiger partial charge on any atom is 0.417 e. The molecule has 182 valence electrons. The minimum absolute atomic E-state index is 0.0325. The minimum Gasteiger partial charge on any atom is -0.397 e. The van der Waals surface area contributed by atoms with E-state index < -0.39 is 23.8 Å². The van der Waals surface area contributed by atoms with Crippen LogP contribution in [-0.4, -0.2) is 46.7 Å². The van der Waals surface area contributed by atoms with Gasteiger partial charge in [0.2, 0.25) is 0 Å². The average molecular weight is 495 g/mol. The van der Waals surface area contributed by atoms with Crippen molar-refractivity contribution in [1.82, 2.24) is 15.3 Å². The summed E-state index contributed by atoms with van der Waals surface area (Å²) in [6.07, 6.45) is -4.09. The van der Waals surface area contributed by atoms with Crippen LogP contribution in [-0.2, 0) is 6.18 Å². The number of rotatable bonds is 6. The highest BCUT2D eigenvalue weighted by atomic mass is 32.1. The van der Waals surface area contributed by atoms with Crippen molar-refractivity contribution in [1.29, 1.82) is 0 Å². The summed E-state index contributed by atoms with van der Waals surface area (Å²) >= 11 is 0.768. The Balaban J connectivity index is 1.47. The van der Waals surface area contributed by atoms with Gasteiger partial charge in [-0.25, -0.2) is 4.98 Å². The number of halogens is 3. The fourth-order valence-electron chi connectivity index (χ4n) is 4.12. The van der Waals surface area contributed by atoms with Crippen LogP contribution in [0, 0.1) is 6.92 Å². The number of alkyl halides is 3. The van der Waals surface area contributed by atoms with Gasteiger partial charge in [0.25, 0.3) is 5.91 Å². The Hall–Kier alpha value is -2.96. The number of nitrogens with one attached hydrogen (secondary N) is 1. The van der Waals surface area contributed by atoms with E-state index in [1.165, 1.54) is 0 Å². The number of aromatic nitrogens is 2. The number of carbonyl (C=O) groups excluding carboxylic acids is 1. The van der Waals surface area contributed by atoms with Crippen LogP contribution in [0.4, 0.5) is 24.7 Å². The number of aliphatic hydroxyl groups is 1. The molecule has 34 heavy (non-hydrogen) atoms. The second-order valence-electron chi connectivity index (χ2n) is 8.30. The maximum absolute atomic E-state index is 13.8. The molecule has 1 saturated heterocycles. The highest BCUT2D eigenvalue weighted by Crippen LogP contribution is 2.43. The first-order chi connectivity index (χ1) is 16.0. The van der Waals surface area contributed by atoms with Gasteiger partial charge < -0.3 is 26.8 Å². The minimum atomic E-state index is -4.67. The number of pyridine rings is 2. The molecule has 1 amide bonds. The summed E-state index contributed by atoms with van der Waals surface area (Å²) in [6, 6.07) is 6.54. The largest absolute Gasteiger partial charge is 0.417 e. The summed E-state index contributed by atoms with van der Waals surface area (Å²) in [6.45, 7) is 3.15. The van der Waals surface area contributed by atoms with Crippen LogP contribution in [0.3, 0.4) is 0 Å². The molecular weight excluding hydrogens is 469 g/mol. The number of thiophene rings is 1. The zero-order valence-corrected chi connectivity index (χ0v) is 19.2. The summed E-state index contributed by atoms with van der Waals surface area (Å²) in [5, 5.41) is 13.4. The second-order valence-corrected chi connectivity index (χ2v) is 9.30. The zero-order chi connectivity index (χ0) is 24.6. The number of anilines is 2. The molecule has 4 rings (SSSR count). The predicted octanol–water partition coefficient (Wildman–Crippen LogP) is 2.99. The van der Waals surface area contributed by atoms with E-state index in [0.717, 1.165) is 23.1 Å². The van der Waals surface area contributed by atoms with Gasteiger partial charge in [-0.15, -0.1) is 11.3 Å². The van der Waals surface area contributed by atoms with E-state index in [0.29, 0.717) is 38.2 Å². The average Bonchev–Trinajstić information content (AvgIpc) is 3.13. The molecule has 0 bridgehead atoms. The first-order valence-electron chi connectivity index (χ1n) is 10.7. The lowest BCUT2D eigenvalue weighted by molar-refractivity contribution is -0.136. The van der Waals surface area contributed by atoms with Crippen molar-refractivity contribution >= 4 is 39.0 Å². The zero-order valence-electron chi connectivity index (χ0n) is 18.4. The van der Waals surface area contributed by atoms with E-state index in [4.69, 9.17) is 11.5 Å². The lowest BCUT2D eigenvalue weighted by Crippen LogP contribution is -2.44. The van der Waals surface area contributed by atoms with Crippen molar-refractivity contribution < 1.29 is 23.1 Å². The van der Waals surface area contributed by atoms with Crippen LogP contribution in [0.5, 0.6) is 0 Å². The van der Waals surface area contributed by atoms with Gasteiger partial charge in [0, 0.05) is 36.8 Å². The van der Waals surface area contributed by atoms with Crippen LogP contribution < -0.4 is 21.7 Å². The summed E-state index contributed by atoms with van der Waals surface area (Å²) < 4.78 is 41.4. The first-order valence-corrected chi connectivity index (χ1v) is 11.6. The molecule has 1 fully saturated rings. The number of fused-ring (bicyclic) bond motifs is 1. The Kier molecular flexibility index (Phi) is 6.65. The van der Waals surface area contributed by atoms with Crippen molar-refractivity contribution in [3.8, 4) is 0 Å². The van der Waals surface area contributed by atoms with Crippen molar-refractivity contribution in [3.05, 3.63) is 46.1 Å². The van der Waals surface area contributed by atoms with Gasteiger partial charge in [-0.3, -0.25) is 9.78 Å². The Bertz CT molecular complexity index is 1210. The molecule has 1 atom stereocenters. The third kappa shape index (κ3) is 4.93. The van der Waals surface area contributed by atoms with Crippen LogP contribution in [0.2, 0.25) is 0 Å². The van der Waals surface area contributed by atoms with Gasteiger partial charge in [-0.2, -0.15) is 13.2 Å². The molecule has 3 aromatic rings. The molecule has 6 N–H and O–H groups in total. The molecule has 3 aromatic heterocycles. The lowest BCUT2D eigenvalue weighted by Gasteiger charge is -2.34. The monoisotopic (exact) mass is 494 g/mol. The van der Waals surface area contributed by atoms with Crippen molar-refractivity contribution in [2.45, 2.75) is 38.1 Å². The van der Waals surface area contributed by atoms with Crippen LogP contribution in [0.1, 0.15) is 45.6 Å². The quantitative estimate of drug-likeness (QED) is 0.414. The number of carbonyl (C=O) groups is 1. The Morgan fingerprint density at radius 2 is 2.03 bits per heavy atom. The van der Waals surface area contributed by atoms with Gasteiger partial charge in [-0.05, 0) is 38.0 Å². The number of piperidine rings is 1. The van der Waals surface area contributed by atoms with E-state index in [-0.39, 0.29) is 32.6 Å². The maximum atomic E-state index is 13.8. The molecule has 0 radical (unpaired) electrons. The standard InChI is InChI=1S/C22H25F3N6O2S/c1-11-3-2-4-14(29-11)15(32)10-28-12-5-7-31(8-6-12)16-9-13(22(23,24)25)17-18(26)19(20(27)33)34-21(17)30-16/h2-4,9,12,15,28,32H,5-8,10,26H2,1H3,(H2,27,33). The number of primary amides is 1. The van der Waals surface area contributed by atoms with Gasteiger partial charge in [0.1, 0.15) is 21.6 Å². The first kappa shape index (κ1) is 24.2. The molecule has 1 aliphatic rings. The van der Waals surface area contributed by atoms with E-state index in [1.807, 2.05) is 19.1 Å². The fraction of sp³-hybridized carbons (Fsp3) is 0.409. The molecule has 1 aliphatic heterocycles. The van der Waals surface area contributed by atoms with Crippen LogP contribution >= 0.6 is 11.3 Å². The number of nitrogens with two attached hydrogens (primary N) is 2. The highest BCUT2D eigenvalue weighted by Gasteiger charge is 2.37. The summed E-state index contributed by atoms with van der Waals surface area (Å²) in [5.41, 5.74) is 11.3. The van der Waals surface area contributed by atoms with E-state index >= 15 is 0 Å². The topological polar surface area (TPSA) is 130 Å². The fourth-order valence-corrected chi connectivity index (χ4v) is 5.09. The van der Waals surface area contributed by atoms with Gasteiger partial charge in [0.05, 0.1) is 16.9 Å². The van der Waals surface area contributed by atoms with Crippen molar-refractivity contribution in [3.63, 3.8) is 0 Å².